The van der Waals surface area contributed by atoms with Crippen molar-refractivity contribution in [2.24, 2.45) is 11.8 Å². The molecule has 3 atom stereocenters. The summed E-state index contributed by atoms with van der Waals surface area (Å²) in [6.45, 7) is 5.41. The first-order valence-electron chi connectivity index (χ1n) is 7.35. The van der Waals surface area contributed by atoms with Gasteiger partial charge in [0, 0.05) is 12.1 Å². The molecule has 2 aliphatic carbocycles. The predicted octanol–water partition coefficient (Wildman–Crippen LogP) is 3.58. The lowest BCUT2D eigenvalue weighted by Gasteiger charge is -2.41. The second-order valence-corrected chi connectivity index (χ2v) is 6.19. The van der Waals surface area contributed by atoms with Crippen LogP contribution in [0.25, 0.3) is 0 Å². The lowest BCUT2D eigenvalue weighted by atomic mass is 9.78. The molecule has 2 fully saturated rings. The number of rotatable bonds is 3. The summed E-state index contributed by atoms with van der Waals surface area (Å²) in [6, 6.07) is 3.79. The fraction of sp³-hybridized carbons (Fsp3) is 0.933. The molecular formula is C15H26N2. The van der Waals surface area contributed by atoms with Gasteiger partial charge in [0.1, 0.15) is 0 Å². The molecule has 96 valence electrons. The van der Waals surface area contributed by atoms with E-state index in [9.17, 15) is 0 Å². The topological polar surface area (TPSA) is 27.0 Å². The Hall–Kier alpha value is -0.550. The molecule has 17 heavy (non-hydrogen) atoms. The monoisotopic (exact) mass is 234 g/mol. The molecule has 0 radical (unpaired) electrons. The third-order valence-corrected chi connectivity index (χ3v) is 5.09. The Morgan fingerprint density at radius 1 is 1.00 bits per heavy atom. The second-order valence-electron chi connectivity index (χ2n) is 6.19. The molecule has 2 aliphatic rings. The molecule has 0 saturated heterocycles. The summed E-state index contributed by atoms with van der Waals surface area (Å²) in [4.78, 5) is 2.54. The van der Waals surface area contributed by atoms with Gasteiger partial charge in [0.15, 0.2) is 0 Å². The minimum atomic E-state index is 0.649. The van der Waals surface area contributed by atoms with E-state index in [1.165, 1.54) is 44.9 Å². The maximum atomic E-state index is 9.05. The first-order chi connectivity index (χ1) is 8.22. The highest BCUT2D eigenvalue weighted by Crippen LogP contribution is 2.35. The van der Waals surface area contributed by atoms with Crippen molar-refractivity contribution >= 4 is 0 Å². The van der Waals surface area contributed by atoms with Crippen LogP contribution in [-0.4, -0.2) is 23.5 Å². The van der Waals surface area contributed by atoms with Crippen molar-refractivity contribution in [3.63, 3.8) is 0 Å². The number of hydrogen-bond acceptors (Lipinski definition) is 2. The molecule has 0 aromatic carbocycles. The molecular weight excluding hydrogens is 208 g/mol. The molecule has 2 saturated carbocycles. The van der Waals surface area contributed by atoms with Crippen LogP contribution in [0.4, 0.5) is 0 Å². The predicted molar refractivity (Wildman–Crippen MR) is 70.5 cm³/mol. The van der Waals surface area contributed by atoms with Gasteiger partial charge >= 0.3 is 0 Å². The molecule has 0 aromatic heterocycles. The second kappa shape index (κ2) is 5.87. The minimum absolute atomic E-state index is 0.649. The molecule has 0 aliphatic heterocycles. The molecule has 3 unspecified atom stereocenters. The van der Waals surface area contributed by atoms with Gasteiger partial charge in [0.25, 0.3) is 0 Å². The van der Waals surface area contributed by atoms with Crippen LogP contribution >= 0.6 is 0 Å². The molecule has 2 heteroatoms. The van der Waals surface area contributed by atoms with Crippen LogP contribution in [0.5, 0.6) is 0 Å². The Bertz CT molecular complexity index is 275. The maximum Gasteiger partial charge on any atom is 0.0870 e. The van der Waals surface area contributed by atoms with Crippen molar-refractivity contribution in [2.45, 2.75) is 70.9 Å². The average Bonchev–Trinajstić information content (AvgIpc) is 2.83. The molecule has 2 rings (SSSR count). The fourth-order valence-electron chi connectivity index (χ4n) is 3.69. The van der Waals surface area contributed by atoms with Gasteiger partial charge in [-0.25, -0.2) is 0 Å². The van der Waals surface area contributed by atoms with E-state index in [0.29, 0.717) is 18.6 Å². The quantitative estimate of drug-likeness (QED) is 0.698. The maximum absolute atomic E-state index is 9.05. The zero-order valence-electron chi connectivity index (χ0n) is 11.4. The fourth-order valence-corrected chi connectivity index (χ4v) is 3.69. The van der Waals surface area contributed by atoms with Gasteiger partial charge in [0.2, 0.25) is 0 Å². The number of hydrogen-bond donors (Lipinski definition) is 0. The Morgan fingerprint density at radius 2 is 1.71 bits per heavy atom. The zero-order chi connectivity index (χ0) is 12.3. The van der Waals surface area contributed by atoms with Gasteiger partial charge in [0.05, 0.1) is 12.6 Å². The van der Waals surface area contributed by atoms with Crippen LogP contribution in [0.3, 0.4) is 0 Å². The van der Waals surface area contributed by atoms with Crippen molar-refractivity contribution in [1.82, 2.24) is 4.90 Å². The Morgan fingerprint density at radius 3 is 2.29 bits per heavy atom. The largest absolute Gasteiger partial charge is 0.285 e. The summed E-state index contributed by atoms with van der Waals surface area (Å²) >= 11 is 0. The van der Waals surface area contributed by atoms with Crippen LogP contribution in [0.1, 0.15) is 58.8 Å². The van der Waals surface area contributed by atoms with Gasteiger partial charge in [-0.1, -0.05) is 26.7 Å². The Balaban J connectivity index is 1.98. The van der Waals surface area contributed by atoms with E-state index in [4.69, 9.17) is 5.26 Å². The smallest absolute Gasteiger partial charge is 0.0870 e. The van der Waals surface area contributed by atoms with Gasteiger partial charge in [-0.3, -0.25) is 4.90 Å². The van der Waals surface area contributed by atoms with Crippen LogP contribution in [0.2, 0.25) is 0 Å². The average molecular weight is 234 g/mol. The highest BCUT2D eigenvalue weighted by molar-refractivity contribution is 4.91. The SMILES string of the molecule is CC1CCC(N(CC#N)C2CCCC2)CC1C. The summed E-state index contributed by atoms with van der Waals surface area (Å²) in [5.74, 6) is 1.70. The van der Waals surface area contributed by atoms with Crippen LogP contribution in [0.15, 0.2) is 0 Å². The standard InChI is InChI=1S/C15H26N2/c1-12-7-8-15(11-13(12)2)17(10-9-16)14-5-3-4-6-14/h12-15H,3-8,10-11H2,1-2H3. The van der Waals surface area contributed by atoms with E-state index >= 15 is 0 Å². The van der Waals surface area contributed by atoms with E-state index in [0.717, 1.165) is 11.8 Å². The van der Waals surface area contributed by atoms with Crippen LogP contribution in [0, 0.1) is 23.2 Å². The van der Waals surface area contributed by atoms with Crippen molar-refractivity contribution < 1.29 is 0 Å². The van der Waals surface area contributed by atoms with Crippen molar-refractivity contribution in [3.8, 4) is 6.07 Å². The first kappa shape index (κ1) is 12.9. The number of nitriles is 1. The summed E-state index contributed by atoms with van der Waals surface area (Å²) in [5.41, 5.74) is 0. The molecule has 0 spiro atoms. The highest BCUT2D eigenvalue weighted by Gasteiger charge is 2.33. The summed E-state index contributed by atoms with van der Waals surface area (Å²) in [6.07, 6.45) is 9.34. The summed E-state index contributed by atoms with van der Waals surface area (Å²) < 4.78 is 0. The summed E-state index contributed by atoms with van der Waals surface area (Å²) in [5, 5.41) is 9.05. The van der Waals surface area contributed by atoms with Gasteiger partial charge in [-0.15, -0.1) is 0 Å². The molecule has 0 N–H and O–H groups in total. The number of nitrogens with zero attached hydrogens (tertiary/aromatic N) is 2. The first-order valence-corrected chi connectivity index (χ1v) is 7.35. The van der Waals surface area contributed by atoms with Gasteiger partial charge in [-0.2, -0.15) is 5.26 Å². The third-order valence-electron chi connectivity index (χ3n) is 5.09. The normalized spacial score (nSPS) is 35.1. The molecule has 0 bridgehead atoms. The summed E-state index contributed by atoms with van der Waals surface area (Å²) in [7, 11) is 0. The highest BCUT2D eigenvalue weighted by atomic mass is 15.2. The lowest BCUT2D eigenvalue weighted by Crippen LogP contribution is -2.45. The van der Waals surface area contributed by atoms with E-state index in [1.54, 1.807) is 0 Å². The zero-order valence-corrected chi connectivity index (χ0v) is 11.4. The van der Waals surface area contributed by atoms with E-state index in [1.807, 2.05) is 0 Å². The lowest BCUT2D eigenvalue weighted by molar-refractivity contribution is 0.0850. The Kier molecular flexibility index (Phi) is 4.45. The van der Waals surface area contributed by atoms with Crippen molar-refractivity contribution in [1.29, 1.82) is 5.26 Å². The van der Waals surface area contributed by atoms with E-state index in [-0.39, 0.29) is 0 Å². The van der Waals surface area contributed by atoms with Crippen LogP contribution < -0.4 is 0 Å². The molecule has 0 aromatic rings. The third kappa shape index (κ3) is 3.01. The Labute approximate surface area is 106 Å². The van der Waals surface area contributed by atoms with Gasteiger partial charge in [-0.05, 0) is 43.9 Å². The van der Waals surface area contributed by atoms with Crippen molar-refractivity contribution in [2.75, 3.05) is 6.54 Å². The van der Waals surface area contributed by atoms with E-state index < -0.39 is 0 Å². The van der Waals surface area contributed by atoms with Crippen LogP contribution in [-0.2, 0) is 0 Å². The van der Waals surface area contributed by atoms with E-state index in [2.05, 4.69) is 24.8 Å². The minimum Gasteiger partial charge on any atom is -0.285 e. The van der Waals surface area contributed by atoms with Crippen molar-refractivity contribution in [3.05, 3.63) is 0 Å². The van der Waals surface area contributed by atoms with Gasteiger partial charge < -0.3 is 0 Å². The molecule has 2 nitrogen and oxygen atoms in total. The molecule has 0 amide bonds. The molecule has 0 heterocycles.